The highest BCUT2D eigenvalue weighted by molar-refractivity contribution is 5.09. The van der Waals surface area contributed by atoms with Gasteiger partial charge in [0.1, 0.15) is 5.82 Å². The van der Waals surface area contributed by atoms with E-state index in [0.29, 0.717) is 17.9 Å². The van der Waals surface area contributed by atoms with Gasteiger partial charge >= 0.3 is 0 Å². The fourth-order valence-corrected chi connectivity index (χ4v) is 2.41. The summed E-state index contributed by atoms with van der Waals surface area (Å²) in [5, 5.41) is 8.19. The van der Waals surface area contributed by atoms with E-state index in [9.17, 15) is 0 Å². The monoisotopic (exact) mass is 220 g/mol. The summed E-state index contributed by atoms with van der Waals surface area (Å²) < 4.78 is 2.12. The van der Waals surface area contributed by atoms with Gasteiger partial charge in [0.2, 0.25) is 0 Å². The van der Waals surface area contributed by atoms with Crippen molar-refractivity contribution in [2.45, 2.75) is 51.6 Å². The average molecular weight is 220 g/mol. The molecule has 16 heavy (non-hydrogen) atoms. The van der Waals surface area contributed by atoms with Crippen LogP contribution in [0.3, 0.4) is 0 Å². The standard InChI is InChI=1S/C12H20N4/c1-8(2)7-10-12-14-11(9-3-4-9)15-16(12)6-5-13-10/h8-10,13H,3-7H2,1-2H3/t10-/m0/s1. The Morgan fingerprint density at radius 1 is 1.44 bits per heavy atom. The smallest absolute Gasteiger partial charge is 0.154 e. The molecule has 4 heteroatoms. The van der Waals surface area contributed by atoms with Crippen LogP contribution < -0.4 is 5.32 Å². The van der Waals surface area contributed by atoms with Crippen LogP contribution in [0.5, 0.6) is 0 Å². The summed E-state index contributed by atoms with van der Waals surface area (Å²) in [4.78, 5) is 4.74. The molecule has 0 saturated heterocycles. The number of rotatable bonds is 3. The number of fused-ring (bicyclic) bond motifs is 1. The van der Waals surface area contributed by atoms with Gasteiger partial charge in [0.25, 0.3) is 0 Å². The summed E-state index contributed by atoms with van der Waals surface area (Å²) in [5.74, 6) is 3.62. The van der Waals surface area contributed by atoms with E-state index in [0.717, 1.165) is 25.3 Å². The van der Waals surface area contributed by atoms with E-state index >= 15 is 0 Å². The number of hydrogen-bond acceptors (Lipinski definition) is 3. The second kappa shape index (κ2) is 3.84. The molecule has 4 nitrogen and oxygen atoms in total. The van der Waals surface area contributed by atoms with Gasteiger partial charge in [-0.05, 0) is 25.2 Å². The molecule has 1 aromatic rings. The van der Waals surface area contributed by atoms with Crippen LogP contribution in [-0.2, 0) is 6.54 Å². The average Bonchev–Trinajstić information content (AvgIpc) is 2.98. The zero-order chi connectivity index (χ0) is 11.1. The van der Waals surface area contributed by atoms with Crippen LogP contribution in [0.1, 0.15) is 56.7 Å². The topological polar surface area (TPSA) is 42.7 Å². The minimum absolute atomic E-state index is 0.411. The zero-order valence-corrected chi connectivity index (χ0v) is 10.1. The molecule has 88 valence electrons. The van der Waals surface area contributed by atoms with Crippen molar-refractivity contribution < 1.29 is 0 Å². The Morgan fingerprint density at radius 2 is 2.25 bits per heavy atom. The molecule has 0 bridgehead atoms. The lowest BCUT2D eigenvalue weighted by molar-refractivity contribution is 0.345. The van der Waals surface area contributed by atoms with Crippen molar-refractivity contribution in [2.24, 2.45) is 5.92 Å². The van der Waals surface area contributed by atoms with Gasteiger partial charge in [0.05, 0.1) is 12.6 Å². The molecule has 1 atom stereocenters. The Kier molecular flexibility index (Phi) is 2.46. The first-order valence-corrected chi connectivity index (χ1v) is 6.42. The van der Waals surface area contributed by atoms with E-state index < -0.39 is 0 Å². The lowest BCUT2D eigenvalue weighted by Gasteiger charge is -2.24. The van der Waals surface area contributed by atoms with E-state index in [-0.39, 0.29) is 0 Å². The first kappa shape index (κ1) is 10.3. The van der Waals surface area contributed by atoms with Crippen molar-refractivity contribution >= 4 is 0 Å². The van der Waals surface area contributed by atoms with Gasteiger partial charge in [-0.15, -0.1) is 0 Å². The maximum Gasteiger partial charge on any atom is 0.154 e. The van der Waals surface area contributed by atoms with Gasteiger partial charge in [-0.3, -0.25) is 0 Å². The number of hydrogen-bond donors (Lipinski definition) is 1. The lowest BCUT2D eigenvalue weighted by Crippen LogP contribution is -2.34. The largest absolute Gasteiger partial charge is 0.305 e. The Hall–Kier alpha value is -0.900. The third-order valence-corrected chi connectivity index (χ3v) is 3.39. The highest BCUT2D eigenvalue weighted by Crippen LogP contribution is 2.39. The molecule has 1 fully saturated rings. The highest BCUT2D eigenvalue weighted by atomic mass is 15.4. The van der Waals surface area contributed by atoms with Crippen molar-refractivity contribution in [1.29, 1.82) is 0 Å². The lowest BCUT2D eigenvalue weighted by atomic mass is 10.0. The fourth-order valence-electron chi connectivity index (χ4n) is 2.41. The van der Waals surface area contributed by atoms with E-state index in [2.05, 4.69) is 28.9 Å². The minimum atomic E-state index is 0.411. The second-order valence-electron chi connectivity index (χ2n) is 5.46. The van der Waals surface area contributed by atoms with Crippen molar-refractivity contribution in [3.63, 3.8) is 0 Å². The number of nitrogens with zero attached hydrogens (tertiary/aromatic N) is 3. The van der Waals surface area contributed by atoms with Gasteiger partial charge in [-0.25, -0.2) is 9.67 Å². The van der Waals surface area contributed by atoms with Crippen LogP contribution in [0.4, 0.5) is 0 Å². The van der Waals surface area contributed by atoms with Gasteiger partial charge in [-0.1, -0.05) is 13.8 Å². The Morgan fingerprint density at radius 3 is 2.94 bits per heavy atom. The zero-order valence-electron chi connectivity index (χ0n) is 10.1. The molecule has 1 saturated carbocycles. The number of aromatic nitrogens is 3. The SMILES string of the molecule is CC(C)C[C@@H]1NCCn2nc(C3CC3)nc21. The molecule has 3 rings (SSSR count). The van der Waals surface area contributed by atoms with Crippen molar-refractivity contribution in [3.05, 3.63) is 11.6 Å². The maximum atomic E-state index is 4.74. The van der Waals surface area contributed by atoms with Crippen LogP contribution in [-0.4, -0.2) is 21.3 Å². The van der Waals surface area contributed by atoms with Crippen molar-refractivity contribution in [3.8, 4) is 0 Å². The summed E-state index contributed by atoms with van der Waals surface area (Å²) in [6.45, 7) is 6.53. The highest BCUT2D eigenvalue weighted by Gasteiger charge is 2.31. The van der Waals surface area contributed by atoms with Crippen molar-refractivity contribution in [1.82, 2.24) is 20.1 Å². The molecular weight excluding hydrogens is 200 g/mol. The van der Waals surface area contributed by atoms with E-state index in [4.69, 9.17) is 4.98 Å². The molecular formula is C12H20N4. The molecule has 1 aliphatic carbocycles. The van der Waals surface area contributed by atoms with Gasteiger partial charge in [0.15, 0.2) is 5.82 Å². The quantitative estimate of drug-likeness (QED) is 0.845. The predicted molar refractivity (Wildman–Crippen MR) is 62.2 cm³/mol. The second-order valence-corrected chi connectivity index (χ2v) is 5.46. The van der Waals surface area contributed by atoms with Crippen molar-refractivity contribution in [2.75, 3.05) is 6.54 Å². The molecule has 1 N–H and O–H groups in total. The predicted octanol–water partition coefficient (Wildman–Crippen LogP) is 1.85. The van der Waals surface area contributed by atoms with E-state index in [1.165, 1.54) is 18.7 Å². The van der Waals surface area contributed by atoms with Gasteiger partial charge < -0.3 is 5.32 Å². The molecule has 0 spiro atoms. The van der Waals surface area contributed by atoms with E-state index in [1.54, 1.807) is 0 Å². The minimum Gasteiger partial charge on any atom is -0.305 e. The maximum absolute atomic E-state index is 4.74. The Bertz CT molecular complexity index is 378. The normalized spacial score (nSPS) is 24.8. The summed E-state index contributed by atoms with van der Waals surface area (Å²) in [6.07, 6.45) is 3.72. The Labute approximate surface area is 96.4 Å². The summed E-state index contributed by atoms with van der Waals surface area (Å²) in [5.41, 5.74) is 0. The summed E-state index contributed by atoms with van der Waals surface area (Å²) in [7, 11) is 0. The molecule has 1 aliphatic heterocycles. The molecule has 0 radical (unpaired) electrons. The first-order valence-electron chi connectivity index (χ1n) is 6.42. The molecule has 0 unspecified atom stereocenters. The van der Waals surface area contributed by atoms with E-state index in [1.807, 2.05) is 0 Å². The fraction of sp³-hybridized carbons (Fsp3) is 0.833. The summed E-state index contributed by atoms with van der Waals surface area (Å²) >= 11 is 0. The third kappa shape index (κ3) is 1.86. The van der Waals surface area contributed by atoms with Crippen LogP contribution in [0.25, 0.3) is 0 Å². The summed E-state index contributed by atoms with van der Waals surface area (Å²) in [6, 6.07) is 0.411. The third-order valence-electron chi connectivity index (χ3n) is 3.39. The Balaban J connectivity index is 1.85. The molecule has 1 aromatic heterocycles. The van der Waals surface area contributed by atoms with Crippen LogP contribution >= 0.6 is 0 Å². The molecule has 2 heterocycles. The van der Waals surface area contributed by atoms with Crippen LogP contribution in [0.15, 0.2) is 0 Å². The number of nitrogens with one attached hydrogen (secondary N) is 1. The molecule has 0 amide bonds. The van der Waals surface area contributed by atoms with Gasteiger partial charge in [0, 0.05) is 12.5 Å². The van der Waals surface area contributed by atoms with Crippen LogP contribution in [0, 0.1) is 5.92 Å². The van der Waals surface area contributed by atoms with Gasteiger partial charge in [-0.2, -0.15) is 5.10 Å². The molecule has 0 aromatic carbocycles. The molecule has 2 aliphatic rings. The van der Waals surface area contributed by atoms with Crippen LogP contribution in [0.2, 0.25) is 0 Å². The first-order chi connectivity index (χ1) is 7.74.